The van der Waals surface area contributed by atoms with Crippen molar-refractivity contribution in [1.29, 1.82) is 0 Å². The average molecular weight is 253 g/mol. The van der Waals surface area contributed by atoms with Crippen molar-refractivity contribution in [3.05, 3.63) is 0 Å². The van der Waals surface area contributed by atoms with Crippen LogP contribution in [0.2, 0.25) is 0 Å². The molecule has 1 spiro atoms. The Morgan fingerprint density at radius 1 is 1.22 bits per heavy atom. The number of likely N-dealkylation sites (tertiary alicyclic amines) is 1. The SMILES string of the molecule is CC(C)(C)OC(=O)N1CC(=O)CC12CCCCC2. The summed E-state index contributed by atoms with van der Waals surface area (Å²) in [7, 11) is 0. The fourth-order valence-electron chi connectivity index (χ4n) is 3.09. The topological polar surface area (TPSA) is 46.6 Å². The van der Waals surface area contributed by atoms with E-state index >= 15 is 0 Å². The molecule has 0 bridgehead atoms. The third-order valence-corrected chi connectivity index (χ3v) is 3.83. The standard InChI is InChI=1S/C14H23NO3/c1-13(2,3)18-12(17)15-10-11(16)9-14(15)7-5-4-6-8-14/h4-10H2,1-3H3. The number of hydrogen-bond acceptors (Lipinski definition) is 3. The molecule has 0 N–H and O–H groups in total. The highest BCUT2D eigenvalue weighted by atomic mass is 16.6. The lowest BCUT2D eigenvalue weighted by Gasteiger charge is -2.41. The fraction of sp³-hybridized carbons (Fsp3) is 0.857. The number of ketones is 1. The molecule has 1 saturated heterocycles. The number of carbonyl (C=O) groups is 2. The average Bonchev–Trinajstić information content (AvgIpc) is 2.54. The van der Waals surface area contributed by atoms with Crippen molar-refractivity contribution in [1.82, 2.24) is 4.90 Å². The highest BCUT2D eigenvalue weighted by Crippen LogP contribution is 2.41. The molecule has 1 aliphatic heterocycles. The van der Waals surface area contributed by atoms with E-state index in [1.165, 1.54) is 6.42 Å². The zero-order chi connectivity index (χ0) is 13.4. The minimum absolute atomic E-state index is 0.169. The van der Waals surface area contributed by atoms with Gasteiger partial charge in [-0.2, -0.15) is 0 Å². The second-order valence-electron chi connectivity index (χ2n) is 6.57. The molecule has 2 fully saturated rings. The van der Waals surface area contributed by atoms with Gasteiger partial charge in [0.25, 0.3) is 0 Å². The smallest absolute Gasteiger partial charge is 0.411 e. The highest BCUT2D eigenvalue weighted by molar-refractivity contribution is 5.89. The summed E-state index contributed by atoms with van der Waals surface area (Å²) in [6, 6.07) is 0. The molecule has 1 heterocycles. The first kappa shape index (κ1) is 13.4. The van der Waals surface area contributed by atoms with Crippen LogP contribution in [0.1, 0.15) is 59.3 Å². The van der Waals surface area contributed by atoms with Gasteiger partial charge in [0.2, 0.25) is 0 Å². The van der Waals surface area contributed by atoms with Gasteiger partial charge >= 0.3 is 6.09 Å². The van der Waals surface area contributed by atoms with Gasteiger partial charge in [0.05, 0.1) is 12.1 Å². The van der Waals surface area contributed by atoms with Crippen LogP contribution in [0.5, 0.6) is 0 Å². The van der Waals surface area contributed by atoms with Crippen LogP contribution >= 0.6 is 0 Å². The van der Waals surface area contributed by atoms with Gasteiger partial charge in [0, 0.05) is 6.42 Å². The number of Topliss-reactive ketones (excluding diaryl/α,β-unsaturated/α-hetero) is 1. The van der Waals surface area contributed by atoms with Crippen LogP contribution in [-0.4, -0.2) is 34.5 Å². The van der Waals surface area contributed by atoms with Crippen LogP contribution in [0, 0.1) is 0 Å². The molecule has 0 aromatic rings. The number of hydrogen-bond donors (Lipinski definition) is 0. The highest BCUT2D eigenvalue weighted by Gasteiger charge is 2.49. The Bertz CT molecular complexity index is 351. The Morgan fingerprint density at radius 3 is 2.39 bits per heavy atom. The summed E-state index contributed by atoms with van der Waals surface area (Å²) in [4.78, 5) is 25.7. The van der Waals surface area contributed by atoms with Crippen LogP contribution in [0.3, 0.4) is 0 Å². The van der Waals surface area contributed by atoms with Crippen molar-refractivity contribution in [2.24, 2.45) is 0 Å². The lowest BCUT2D eigenvalue weighted by atomic mass is 9.80. The van der Waals surface area contributed by atoms with Crippen LogP contribution < -0.4 is 0 Å². The second-order valence-corrected chi connectivity index (χ2v) is 6.57. The molecule has 2 aliphatic rings. The third kappa shape index (κ3) is 2.68. The molecule has 0 unspecified atom stereocenters. The molecule has 0 radical (unpaired) electrons. The van der Waals surface area contributed by atoms with E-state index in [0.29, 0.717) is 6.42 Å². The number of ether oxygens (including phenoxy) is 1. The third-order valence-electron chi connectivity index (χ3n) is 3.83. The maximum atomic E-state index is 12.2. The molecule has 1 saturated carbocycles. The van der Waals surface area contributed by atoms with E-state index in [0.717, 1.165) is 25.7 Å². The molecule has 102 valence electrons. The molecular formula is C14H23NO3. The van der Waals surface area contributed by atoms with E-state index in [1.807, 2.05) is 20.8 Å². The lowest BCUT2D eigenvalue weighted by Crippen LogP contribution is -2.50. The summed E-state index contributed by atoms with van der Waals surface area (Å²) in [6.45, 7) is 5.80. The molecule has 4 nitrogen and oxygen atoms in total. The van der Waals surface area contributed by atoms with Crippen molar-refractivity contribution in [2.45, 2.75) is 70.4 Å². The molecule has 4 heteroatoms. The van der Waals surface area contributed by atoms with Crippen molar-refractivity contribution in [2.75, 3.05) is 6.54 Å². The van der Waals surface area contributed by atoms with Crippen LogP contribution in [0.25, 0.3) is 0 Å². The zero-order valence-electron chi connectivity index (χ0n) is 11.6. The number of nitrogens with zero attached hydrogens (tertiary/aromatic N) is 1. The first-order valence-electron chi connectivity index (χ1n) is 6.85. The maximum Gasteiger partial charge on any atom is 0.411 e. The van der Waals surface area contributed by atoms with Gasteiger partial charge in [-0.1, -0.05) is 19.3 Å². The monoisotopic (exact) mass is 253 g/mol. The summed E-state index contributed by atoms with van der Waals surface area (Å²) in [5.74, 6) is 0.169. The Hall–Kier alpha value is -1.06. The first-order chi connectivity index (χ1) is 8.32. The minimum atomic E-state index is -0.501. The molecule has 0 atom stereocenters. The molecule has 0 aromatic heterocycles. The number of amides is 1. The quantitative estimate of drug-likeness (QED) is 0.667. The Morgan fingerprint density at radius 2 is 1.83 bits per heavy atom. The fourth-order valence-corrected chi connectivity index (χ4v) is 3.09. The van der Waals surface area contributed by atoms with Crippen LogP contribution in [0.15, 0.2) is 0 Å². The van der Waals surface area contributed by atoms with E-state index in [9.17, 15) is 9.59 Å². The molecule has 18 heavy (non-hydrogen) atoms. The van der Waals surface area contributed by atoms with Gasteiger partial charge in [-0.15, -0.1) is 0 Å². The van der Waals surface area contributed by atoms with Crippen molar-refractivity contribution in [3.8, 4) is 0 Å². The predicted octanol–water partition coefficient (Wildman–Crippen LogP) is 2.90. The molecule has 1 aliphatic carbocycles. The predicted molar refractivity (Wildman–Crippen MR) is 68.4 cm³/mol. The van der Waals surface area contributed by atoms with E-state index in [4.69, 9.17) is 4.74 Å². The number of rotatable bonds is 0. The van der Waals surface area contributed by atoms with Gasteiger partial charge in [-0.25, -0.2) is 4.79 Å². The summed E-state index contributed by atoms with van der Waals surface area (Å²) < 4.78 is 5.43. The van der Waals surface area contributed by atoms with Gasteiger partial charge < -0.3 is 4.74 Å². The van der Waals surface area contributed by atoms with Gasteiger partial charge in [0.1, 0.15) is 5.60 Å². The van der Waals surface area contributed by atoms with Gasteiger partial charge in [0.15, 0.2) is 5.78 Å². The summed E-state index contributed by atoms with van der Waals surface area (Å²) in [6.07, 6.45) is 5.50. The first-order valence-corrected chi connectivity index (χ1v) is 6.85. The zero-order valence-corrected chi connectivity index (χ0v) is 11.6. The Labute approximate surface area is 109 Å². The van der Waals surface area contributed by atoms with E-state index < -0.39 is 5.60 Å². The van der Waals surface area contributed by atoms with Crippen molar-refractivity contribution in [3.63, 3.8) is 0 Å². The normalized spacial score (nSPS) is 23.5. The van der Waals surface area contributed by atoms with E-state index in [2.05, 4.69) is 0 Å². The summed E-state index contributed by atoms with van der Waals surface area (Å²) in [5, 5.41) is 0. The van der Waals surface area contributed by atoms with Gasteiger partial charge in [-0.05, 0) is 33.6 Å². The van der Waals surface area contributed by atoms with E-state index in [1.54, 1.807) is 4.90 Å². The summed E-state index contributed by atoms with van der Waals surface area (Å²) in [5.41, 5.74) is -0.740. The largest absolute Gasteiger partial charge is 0.444 e. The molecule has 0 aromatic carbocycles. The Kier molecular flexibility index (Phi) is 3.39. The minimum Gasteiger partial charge on any atom is -0.444 e. The second kappa shape index (κ2) is 4.56. The molecule has 2 rings (SSSR count). The van der Waals surface area contributed by atoms with E-state index in [-0.39, 0.29) is 24.0 Å². The Balaban J connectivity index is 2.14. The number of carbonyl (C=O) groups excluding carboxylic acids is 2. The summed E-state index contributed by atoms with van der Waals surface area (Å²) >= 11 is 0. The molecule has 1 amide bonds. The van der Waals surface area contributed by atoms with Crippen LogP contribution in [-0.2, 0) is 9.53 Å². The van der Waals surface area contributed by atoms with Gasteiger partial charge in [-0.3, -0.25) is 9.69 Å². The van der Waals surface area contributed by atoms with Crippen molar-refractivity contribution < 1.29 is 14.3 Å². The maximum absolute atomic E-state index is 12.2. The van der Waals surface area contributed by atoms with Crippen LogP contribution in [0.4, 0.5) is 4.79 Å². The lowest BCUT2D eigenvalue weighted by molar-refractivity contribution is -0.117. The molecular weight excluding hydrogens is 230 g/mol. The van der Waals surface area contributed by atoms with Crippen molar-refractivity contribution >= 4 is 11.9 Å².